The van der Waals surface area contributed by atoms with Crippen LogP contribution in [-0.4, -0.2) is 65.9 Å². The van der Waals surface area contributed by atoms with Crippen LogP contribution in [0.4, 0.5) is 11.5 Å². The highest BCUT2D eigenvalue weighted by atomic mass is 31.2. The minimum Gasteiger partial charge on any atom is -0.490 e. The van der Waals surface area contributed by atoms with E-state index in [0.29, 0.717) is 23.5 Å². The standard InChI is InChI=1S/C27H29N6O10P/c1-16(34)23-18(8-9-19(40-2)25(23)33(35)36)12-41-13-21-20(43-44(37,38)39)10-22(42-21)32-15-31-24-26(29-14-30-27(24)32)28-11-17-6-4-3-5-7-17/h3-9,14-15,20-22H,10-13H2,1-2H3,(H,28,29,30)(H2,37,38,39)/t20-,21+,22+/m0/s1. The molecule has 17 heteroatoms. The number of hydrogen-bond donors (Lipinski definition) is 3. The minimum absolute atomic E-state index is 0.0219. The van der Waals surface area contributed by atoms with E-state index in [1.807, 2.05) is 30.3 Å². The van der Waals surface area contributed by atoms with Crippen molar-refractivity contribution in [2.75, 3.05) is 19.0 Å². The molecule has 0 saturated carbocycles. The number of fused-ring (bicyclic) bond motifs is 1. The smallest absolute Gasteiger partial charge is 0.469 e. The Morgan fingerprint density at radius 2 is 1.98 bits per heavy atom. The van der Waals surface area contributed by atoms with Crippen molar-refractivity contribution < 1.29 is 42.8 Å². The lowest BCUT2D eigenvalue weighted by molar-refractivity contribution is -0.386. The number of benzene rings is 2. The number of ether oxygens (including phenoxy) is 3. The number of nitrogens with one attached hydrogen (secondary N) is 1. The first-order valence-electron chi connectivity index (χ1n) is 13.3. The van der Waals surface area contributed by atoms with Gasteiger partial charge in [-0.25, -0.2) is 19.5 Å². The van der Waals surface area contributed by atoms with Crippen LogP contribution < -0.4 is 10.1 Å². The Balaban J connectivity index is 1.33. The van der Waals surface area contributed by atoms with Gasteiger partial charge in [0.25, 0.3) is 0 Å². The van der Waals surface area contributed by atoms with Gasteiger partial charge in [0.05, 0.1) is 31.6 Å². The van der Waals surface area contributed by atoms with Crippen LogP contribution in [0.15, 0.2) is 55.1 Å². The first kappa shape index (κ1) is 31.1. The molecule has 3 atom stereocenters. The number of Topliss-reactive ketones (excluding diaryl/α,β-unsaturated/α-hetero) is 1. The van der Waals surface area contributed by atoms with Crippen LogP contribution in [0.3, 0.4) is 0 Å². The summed E-state index contributed by atoms with van der Waals surface area (Å²) in [6.07, 6.45) is 0.0501. The Morgan fingerprint density at radius 3 is 2.66 bits per heavy atom. The normalized spacial score (nSPS) is 18.4. The third-order valence-corrected chi connectivity index (χ3v) is 7.49. The Morgan fingerprint density at radius 1 is 1.20 bits per heavy atom. The number of methoxy groups -OCH3 is 1. The third-order valence-electron chi connectivity index (χ3n) is 6.95. The second-order valence-electron chi connectivity index (χ2n) is 9.86. The van der Waals surface area contributed by atoms with E-state index < -0.39 is 42.7 Å². The van der Waals surface area contributed by atoms with E-state index in [9.17, 15) is 29.3 Å². The minimum atomic E-state index is -4.92. The summed E-state index contributed by atoms with van der Waals surface area (Å²) in [5.74, 6) is -0.134. The molecule has 0 amide bonds. The van der Waals surface area contributed by atoms with E-state index in [0.717, 1.165) is 5.56 Å². The zero-order valence-electron chi connectivity index (χ0n) is 23.6. The fraction of sp³-hybridized carbons (Fsp3) is 0.333. The van der Waals surface area contributed by atoms with Crippen LogP contribution in [0, 0.1) is 10.1 Å². The molecular formula is C27H29N6O10P. The van der Waals surface area contributed by atoms with Crippen LogP contribution in [0.1, 0.15) is 41.1 Å². The highest BCUT2D eigenvalue weighted by Gasteiger charge is 2.41. The quantitative estimate of drug-likeness (QED) is 0.0837. The molecule has 1 aliphatic heterocycles. The van der Waals surface area contributed by atoms with Crippen LogP contribution in [-0.2, 0) is 31.7 Å². The number of carbonyl (C=O) groups excluding carboxylic acids is 1. The van der Waals surface area contributed by atoms with Crippen LogP contribution in [0.2, 0.25) is 0 Å². The molecule has 0 unspecified atom stereocenters. The summed E-state index contributed by atoms with van der Waals surface area (Å²) < 4.78 is 35.3. The molecule has 1 aliphatic rings. The Hall–Kier alpha value is -4.31. The van der Waals surface area contributed by atoms with E-state index in [1.165, 1.54) is 38.8 Å². The molecule has 1 saturated heterocycles. The number of phosphoric acid groups is 1. The van der Waals surface area contributed by atoms with Gasteiger partial charge in [-0.2, -0.15) is 0 Å². The Kier molecular flexibility index (Phi) is 9.29. The average Bonchev–Trinajstić information content (AvgIpc) is 3.59. The summed E-state index contributed by atoms with van der Waals surface area (Å²) in [5.41, 5.74) is 1.53. The van der Waals surface area contributed by atoms with Gasteiger partial charge in [0.15, 0.2) is 28.5 Å². The second-order valence-corrected chi connectivity index (χ2v) is 11.1. The molecule has 5 rings (SSSR count). The number of aromatic nitrogens is 4. The van der Waals surface area contributed by atoms with Crippen molar-refractivity contribution in [3.05, 3.63) is 81.9 Å². The molecule has 4 aromatic rings. The van der Waals surface area contributed by atoms with Crippen LogP contribution in [0.5, 0.6) is 5.75 Å². The molecule has 1 fully saturated rings. The maximum atomic E-state index is 12.3. The van der Waals surface area contributed by atoms with E-state index in [1.54, 1.807) is 4.57 Å². The molecule has 2 aromatic carbocycles. The van der Waals surface area contributed by atoms with Gasteiger partial charge in [-0.05, 0) is 24.1 Å². The zero-order chi connectivity index (χ0) is 31.4. The predicted octanol–water partition coefficient (Wildman–Crippen LogP) is 3.54. The van der Waals surface area contributed by atoms with Crippen molar-refractivity contribution in [1.29, 1.82) is 0 Å². The predicted molar refractivity (Wildman–Crippen MR) is 154 cm³/mol. The van der Waals surface area contributed by atoms with Gasteiger partial charge in [-0.15, -0.1) is 0 Å². The number of hydrogen-bond acceptors (Lipinski definition) is 12. The van der Waals surface area contributed by atoms with Crippen molar-refractivity contribution in [3.63, 3.8) is 0 Å². The summed E-state index contributed by atoms with van der Waals surface area (Å²) in [5, 5.41) is 14.9. The number of ketones is 1. The molecule has 3 heterocycles. The number of anilines is 1. The van der Waals surface area contributed by atoms with Crippen molar-refractivity contribution in [1.82, 2.24) is 19.5 Å². The number of phosphoric ester groups is 1. The summed E-state index contributed by atoms with van der Waals surface area (Å²) >= 11 is 0. The van der Waals surface area contributed by atoms with E-state index in [4.69, 9.17) is 18.7 Å². The number of nitro benzene ring substituents is 1. The molecule has 0 spiro atoms. The summed E-state index contributed by atoms with van der Waals surface area (Å²) in [7, 11) is -3.66. The molecule has 2 aromatic heterocycles. The number of imidazole rings is 1. The summed E-state index contributed by atoms with van der Waals surface area (Å²) in [6.45, 7) is 1.25. The van der Waals surface area contributed by atoms with E-state index >= 15 is 0 Å². The largest absolute Gasteiger partial charge is 0.490 e. The molecule has 16 nitrogen and oxygen atoms in total. The lowest BCUT2D eigenvalue weighted by Gasteiger charge is -2.19. The van der Waals surface area contributed by atoms with Crippen molar-refractivity contribution in [3.8, 4) is 5.75 Å². The summed E-state index contributed by atoms with van der Waals surface area (Å²) in [6, 6.07) is 12.6. The van der Waals surface area contributed by atoms with Gasteiger partial charge in [0, 0.05) is 13.0 Å². The monoisotopic (exact) mass is 628 g/mol. The fourth-order valence-corrected chi connectivity index (χ4v) is 5.61. The average molecular weight is 629 g/mol. The van der Waals surface area contributed by atoms with Crippen LogP contribution >= 0.6 is 7.82 Å². The van der Waals surface area contributed by atoms with Gasteiger partial charge >= 0.3 is 13.5 Å². The van der Waals surface area contributed by atoms with Crippen molar-refractivity contribution in [2.45, 2.75) is 44.9 Å². The Bertz CT molecular complexity index is 1710. The molecule has 0 bridgehead atoms. The highest BCUT2D eigenvalue weighted by molar-refractivity contribution is 7.46. The first-order valence-corrected chi connectivity index (χ1v) is 14.9. The number of carbonyl (C=O) groups is 1. The molecule has 0 aliphatic carbocycles. The van der Waals surface area contributed by atoms with Crippen LogP contribution in [0.25, 0.3) is 11.2 Å². The first-order chi connectivity index (χ1) is 21.1. The topological polar surface area (TPSA) is 210 Å². The second kappa shape index (κ2) is 13.1. The van der Waals surface area contributed by atoms with Crippen molar-refractivity contribution in [2.24, 2.45) is 0 Å². The molecular weight excluding hydrogens is 599 g/mol. The fourth-order valence-electron chi connectivity index (χ4n) is 5.04. The van der Waals surface area contributed by atoms with Gasteiger partial charge in [-0.3, -0.25) is 24.0 Å². The van der Waals surface area contributed by atoms with Gasteiger partial charge in [0.1, 0.15) is 30.3 Å². The Labute approximate surface area is 250 Å². The van der Waals surface area contributed by atoms with E-state index in [2.05, 4.69) is 20.3 Å². The maximum Gasteiger partial charge on any atom is 0.469 e. The number of nitro groups is 1. The molecule has 3 N–H and O–H groups in total. The molecule has 232 valence electrons. The van der Waals surface area contributed by atoms with Gasteiger partial charge in [0.2, 0.25) is 0 Å². The maximum absolute atomic E-state index is 12.3. The lowest BCUT2D eigenvalue weighted by Crippen LogP contribution is -2.28. The lowest BCUT2D eigenvalue weighted by atomic mass is 10.0. The summed E-state index contributed by atoms with van der Waals surface area (Å²) in [4.78, 5) is 55.5. The van der Waals surface area contributed by atoms with Gasteiger partial charge < -0.3 is 29.3 Å². The van der Waals surface area contributed by atoms with Gasteiger partial charge in [-0.1, -0.05) is 36.4 Å². The van der Waals surface area contributed by atoms with E-state index in [-0.39, 0.29) is 36.5 Å². The number of rotatable bonds is 13. The SMILES string of the molecule is COc1ccc(COC[C@H]2O[C@@H](n3cnc4c(NCc5ccccc5)ncnc43)C[C@@H]2OP(=O)(O)O)c(C(C)=O)c1[N+](=O)[O-]. The third kappa shape index (κ3) is 6.91. The number of nitrogens with zero attached hydrogens (tertiary/aromatic N) is 5. The molecule has 0 radical (unpaired) electrons. The molecule has 44 heavy (non-hydrogen) atoms. The highest BCUT2D eigenvalue weighted by Crippen LogP contribution is 2.44. The van der Waals surface area contributed by atoms with Crippen molar-refractivity contribution >= 4 is 36.3 Å². The zero-order valence-corrected chi connectivity index (χ0v) is 24.5.